The molecule has 116 valence electrons. The lowest BCUT2D eigenvalue weighted by molar-refractivity contribution is -0.117. The number of aliphatic hydroxyl groups excluding tert-OH is 1. The van der Waals surface area contributed by atoms with Crippen molar-refractivity contribution in [1.82, 2.24) is 9.88 Å². The standard InChI is InChI=1S/C16H25N3O2/c1-16(2,3)12-4-5-14(17-10-12)18-15(21)11-19-8-6-13(20)7-9-19/h4-5,10,13,20H,6-9,11H2,1-3H3,(H,17,18,21). The van der Waals surface area contributed by atoms with Crippen LogP contribution < -0.4 is 5.32 Å². The van der Waals surface area contributed by atoms with E-state index in [0.717, 1.165) is 31.5 Å². The Bertz CT molecular complexity index is 471. The molecule has 2 N–H and O–H groups in total. The summed E-state index contributed by atoms with van der Waals surface area (Å²) in [6.45, 7) is 8.29. The van der Waals surface area contributed by atoms with Gasteiger partial charge in [0.05, 0.1) is 12.6 Å². The second kappa shape index (κ2) is 6.54. The number of carbonyl (C=O) groups is 1. The molecule has 0 bridgehead atoms. The highest BCUT2D eigenvalue weighted by molar-refractivity contribution is 5.91. The molecule has 1 aromatic heterocycles. The maximum absolute atomic E-state index is 12.0. The van der Waals surface area contributed by atoms with Gasteiger partial charge in [-0.15, -0.1) is 0 Å². The van der Waals surface area contributed by atoms with Crippen LogP contribution in [0.15, 0.2) is 18.3 Å². The van der Waals surface area contributed by atoms with Gasteiger partial charge < -0.3 is 10.4 Å². The van der Waals surface area contributed by atoms with Crippen LogP contribution in [0.2, 0.25) is 0 Å². The molecule has 0 atom stereocenters. The van der Waals surface area contributed by atoms with Crippen LogP contribution in [0.3, 0.4) is 0 Å². The number of nitrogens with one attached hydrogen (secondary N) is 1. The molecule has 5 heteroatoms. The molecule has 0 spiro atoms. The molecule has 1 aliphatic rings. The number of rotatable bonds is 3. The Labute approximate surface area is 126 Å². The highest BCUT2D eigenvalue weighted by Gasteiger charge is 2.19. The maximum atomic E-state index is 12.0. The molecule has 1 aliphatic heterocycles. The lowest BCUT2D eigenvalue weighted by atomic mass is 9.88. The van der Waals surface area contributed by atoms with Crippen LogP contribution in [0.5, 0.6) is 0 Å². The van der Waals surface area contributed by atoms with Crippen molar-refractivity contribution in [3.05, 3.63) is 23.9 Å². The molecule has 5 nitrogen and oxygen atoms in total. The van der Waals surface area contributed by atoms with Gasteiger partial charge in [0.2, 0.25) is 5.91 Å². The number of amides is 1. The Kier molecular flexibility index (Phi) is 4.96. The van der Waals surface area contributed by atoms with Crippen molar-refractivity contribution in [3.63, 3.8) is 0 Å². The van der Waals surface area contributed by atoms with Crippen LogP contribution in [0.25, 0.3) is 0 Å². The maximum Gasteiger partial charge on any atom is 0.239 e. The minimum Gasteiger partial charge on any atom is -0.393 e. The first-order valence-electron chi connectivity index (χ1n) is 7.51. The molecule has 1 saturated heterocycles. The van der Waals surface area contributed by atoms with Gasteiger partial charge in [-0.25, -0.2) is 4.98 Å². The molecule has 0 unspecified atom stereocenters. The lowest BCUT2D eigenvalue weighted by Crippen LogP contribution is -2.40. The second-order valence-electron chi connectivity index (χ2n) is 6.74. The molecule has 0 aromatic carbocycles. The molecule has 21 heavy (non-hydrogen) atoms. The molecule has 1 fully saturated rings. The highest BCUT2D eigenvalue weighted by Crippen LogP contribution is 2.21. The van der Waals surface area contributed by atoms with Gasteiger partial charge in [0.1, 0.15) is 5.82 Å². The van der Waals surface area contributed by atoms with Crippen molar-refractivity contribution in [2.24, 2.45) is 0 Å². The van der Waals surface area contributed by atoms with E-state index in [1.165, 1.54) is 0 Å². The number of anilines is 1. The summed E-state index contributed by atoms with van der Waals surface area (Å²) in [6.07, 6.45) is 3.08. The van der Waals surface area contributed by atoms with Gasteiger partial charge in [0.25, 0.3) is 0 Å². The second-order valence-corrected chi connectivity index (χ2v) is 6.74. The number of hydrogen-bond acceptors (Lipinski definition) is 4. The molecule has 1 aromatic rings. The summed E-state index contributed by atoms with van der Waals surface area (Å²) in [5, 5.41) is 12.3. The van der Waals surface area contributed by atoms with E-state index in [1.807, 2.05) is 18.3 Å². The van der Waals surface area contributed by atoms with Crippen LogP contribution >= 0.6 is 0 Å². The molecule has 0 radical (unpaired) electrons. The fourth-order valence-electron chi connectivity index (χ4n) is 2.37. The normalized spacial score (nSPS) is 17.7. The van der Waals surface area contributed by atoms with Gasteiger partial charge in [0.15, 0.2) is 0 Å². The van der Waals surface area contributed by atoms with E-state index in [1.54, 1.807) is 0 Å². The quantitative estimate of drug-likeness (QED) is 0.891. The van der Waals surface area contributed by atoms with Gasteiger partial charge in [-0.05, 0) is 29.9 Å². The van der Waals surface area contributed by atoms with E-state index in [-0.39, 0.29) is 17.4 Å². The number of pyridine rings is 1. The zero-order valence-electron chi connectivity index (χ0n) is 13.1. The van der Waals surface area contributed by atoms with Crippen LogP contribution in [-0.2, 0) is 10.2 Å². The zero-order valence-corrected chi connectivity index (χ0v) is 13.1. The third-order valence-electron chi connectivity index (χ3n) is 3.82. The van der Waals surface area contributed by atoms with E-state index in [2.05, 4.69) is 36.0 Å². The third-order valence-corrected chi connectivity index (χ3v) is 3.82. The van der Waals surface area contributed by atoms with Gasteiger partial charge in [-0.3, -0.25) is 9.69 Å². The minimum absolute atomic E-state index is 0.0533. The van der Waals surface area contributed by atoms with E-state index in [0.29, 0.717) is 12.4 Å². The Morgan fingerprint density at radius 1 is 1.38 bits per heavy atom. The summed E-state index contributed by atoms with van der Waals surface area (Å²) >= 11 is 0. The van der Waals surface area contributed by atoms with Crippen molar-refractivity contribution < 1.29 is 9.90 Å². The minimum atomic E-state index is -0.212. The van der Waals surface area contributed by atoms with Crippen LogP contribution in [0.4, 0.5) is 5.82 Å². The lowest BCUT2D eigenvalue weighted by Gasteiger charge is -2.28. The number of nitrogens with zero attached hydrogens (tertiary/aromatic N) is 2. The molecule has 0 aliphatic carbocycles. The van der Waals surface area contributed by atoms with Crippen molar-refractivity contribution in [3.8, 4) is 0 Å². The number of aromatic nitrogens is 1. The summed E-state index contributed by atoms with van der Waals surface area (Å²) in [5.41, 5.74) is 1.20. The summed E-state index contributed by atoms with van der Waals surface area (Å²) in [5.74, 6) is 0.535. The van der Waals surface area contributed by atoms with Crippen molar-refractivity contribution >= 4 is 11.7 Å². The van der Waals surface area contributed by atoms with Crippen molar-refractivity contribution in [2.45, 2.75) is 45.1 Å². The van der Waals surface area contributed by atoms with E-state index < -0.39 is 0 Å². The van der Waals surface area contributed by atoms with E-state index >= 15 is 0 Å². The van der Waals surface area contributed by atoms with Gasteiger partial charge in [-0.1, -0.05) is 26.8 Å². The number of hydrogen-bond donors (Lipinski definition) is 2. The average molecular weight is 291 g/mol. The van der Waals surface area contributed by atoms with Gasteiger partial charge in [-0.2, -0.15) is 0 Å². The van der Waals surface area contributed by atoms with E-state index in [9.17, 15) is 9.90 Å². The number of likely N-dealkylation sites (tertiary alicyclic amines) is 1. The monoisotopic (exact) mass is 291 g/mol. The zero-order chi connectivity index (χ0) is 15.5. The average Bonchev–Trinajstić information content (AvgIpc) is 2.41. The Morgan fingerprint density at radius 3 is 2.57 bits per heavy atom. The van der Waals surface area contributed by atoms with Gasteiger partial charge >= 0.3 is 0 Å². The predicted molar refractivity (Wildman–Crippen MR) is 83.2 cm³/mol. The molecule has 1 amide bonds. The molecular formula is C16H25N3O2. The summed E-state index contributed by atoms with van der Waals surface area (Å²) in [6, 6.07) is 3.85. The SMILES string of the molecule is CC(C)(C)c1ccc(NC(=O)CN2CCC(O)CC2)nc1. The first-order valence-corrected chi connectivity index (χ1v) is 7.51. The topological polar surface area (TPSA) is 65.5 Å². The number of piperidine rings is 1. The highest BCUT2D eigenvalue weighted by atomic mass is 16.3. The van der Waals surface area contributed by atoms with Crippen LogP contribution in [-0.4, -0.2) is 46.6 Å². The van der Waals surface area contributed by atoms with Crippen LogP contribution in [0, 0.1) is 0 Å². The smallest absolute Gasteiger partial charge is 0.239 e. The molecule has 2 rings (SSSR count). The molecule has 2 heterocycles. The summed E-state index contributed by atoms with van der Waals surface area (Å²) < 4.78 is 0. The summed E-state index contributed by atoms with van der Waals surface area (Å²) in [7, 11) is 0. The number of aliphatic hydroxyl groups is 1. The number of carbonyl (C=O) groups excluding carboxylic acids is 1. The van der Waals surface area contributed by atoms with Crippen molar-refractivity contribution in [1.29, 1.82) is 0 Å². The molecule has 0 saturated carbocycles. The first-order chi connectivity index (χ1) is 9.84. The largest absolute Gasteiger partial charge is 0.393 e. The summed E-state index contributed by atoms with van der Waals surface area (Å²) in [4.78, 5) is 18.3. The van der Waals surface area contributed by atoms with Crippen LogP contribution in [0.1, 0.15) is 39.2 Å². The fourth-order valence-corrected chi connectivity index (χ4v) is 2.37. The van der Waals surface area contributed by atoms with Crippen molar-refractivity contribution in [2.75, 3.05) is 25.0 Å². The first kappa shape index (κ1) is 15.9. The Balaban J connectivity index is 1.85. The Hall–Kier alpha value is -1.46. The molecular weight excluding hydrogens is 266 g/mol. The fraction of sp³-hybridized carbons (Fsp3) is 0.625. The van der Waals surface area contributed by atoms with E-state index in [4.69, 9.17) is 0 Å². The Morgan fingerprint density at radius 2 is 2.05 bits per heavy atom. The third kappa shape index (κ3) is 4.79. The van der Waals surface area contributed by atoms with Gasteiger partial charge in [0, 0.05) is 19.3 Å². The predicted octanol–water partition coefficient (Wildman–Crippen LogP) is 1.77.